The summed E-state index contributed by atoms with van der Waals surface area (Å²) in [6, 6.07) is 24.7. The van der Waals surface area contributed by atoms with Crippen LogP contribution in [0.5, 0.6) is 5.75 Å². The van der Waals surface area contributed by atoms with Crippen molar-refractivity contribution in [1.29, 1.82) is 0 Å². The molecule has 0 saturated heterocycles. The molecule has 3 aromatic rings. The second-order valence-corrected chi connectivity index (χ2v) is 8.96. The molecule has 0 aliphatic carbocycles. The van der Waals surface area contributed by atoms with E-state index >= 15 is 0 Å². The van der Waals surface area contributed by atoms with E-state index in [1.54, 1.807) is 0 Å². The van der Waals surface area contributed by atoms with E-state index in [2.05, 4.69) is 67.3 Å². The van der Waals surface area contributed by atoms with Crippen LogP contribution in [-0.4, -0.2) is 26.6 Å². The van der Waals surface area contributed by atoms with Crippen molar-refractivity contribution in [3.05, 3.63) is 89.5 Å². The zero-order chi connectivity index (χ0) is 22.7. The van der Waals surface area contributed by atoms with E-state index in [1.807, 2.05) is 43.3 Å². The normalized spacial score (nSPS) is 15.1. The first-order valence-electron chi connectivity index (χ1n) is 11.3. The van der Waals surface area contributed by atoms with Crippen LogP contribution < -0.4 is 14.5 Å². The Morgan fingerprint density at radius 3 is 2.25 bits per heavy atom. The number of ether oxygens (including phenoxy) is 1. The van der Waals surface area contributed by atoms with Gasteiger partial charge >= 0.3 is 0 Å². The number of nitrogens with zero attached hydrogens (tertiary/aromatic N) is 2. The summed E-state index contributed by atoms with van der Waals surface area (Å²) in [6.45, 7) is 5.46. The lowest BCUT2D eigenvalue weighted by Crippen LogP contribution is -2.36. The zero-order valence-corrected chi connectivity index (χ0v) is 19.4. The Balaban J connectivity index is 1.68. The van der Waals surface area contributed by atoms with Crippen LogP contribution in [0.25, 0.3) is 0 Å². The lowest BCUT2D eigenvalue weighted by atomic mass is 9.91. The highest BCUT2D eigenvalue weighted by molar-refractivity contribution is 5.98. The van der Waals surface area contributed by atoms with Crippen molar-refractivity contribution in [2.75, 3.05) is 30.5 Å². The Morgan fingerprint density at radius 2 is 1.59 bits per heavy atom. The van der Waals surface area contributed by atoms with E-state index in [-0.39, 0.29) is 11.8 Å². The molecule has 1 unspecified atom stereocenters. The van der Waals surface area contributed by atoms with Crippen LogP contribution in [0.4, 0.5) is 11.4 Å². The van der Waals surface area contributed by atoms with E-state index < -0.39 is 0 Å². The molecule has 0 saturated carbocycles. The molecule has 4 rings (SSSR count). The fraction of sp³-hybridized carbons (Fsp3) is 0.321. The first kappa shape index (κ1) is 21.9. The van der Waals surface area contributed by atoms with E-state index in [4.69, 9.17) is 4.74 Å². The monoisotopic (exact) mass is 428 g/mol. The summed E-state index contributed by atoms with van der Waals surface area (Å²) in [5.41, 5.74) is 5.44. The van der Waals surface area contributed by atoms with Crippen LogP contribution >= 0.6 is 0 Å². The minimum Gasteiger partial charge on any atom is -0.493 e. The van der Waals surface area contributed by atoms with Gasteiger partial charge in [-0.3, -0.25) is 4.79 Å². The summed E-state index contributed by atoms with van der Waals surface area (Å²) < 4.78 is 5.81. The average molecular weight is 429 g/mol. The molecule has 1 amide bonds. The van der Waals surface area contributed by atoms with Gasteiger partial charge < -0.3 is 14.5 Å². The van der Waals surface area contributed by atoms with E-state index in [0.29, 0.717) is 25.5 Å². The minimum absolute atomic E-state index is 0.120. The van der Waals surface area contributed by atoms with Gasteiger partial charge in [0.05, 0.1) is 19.1 Å². The Hall–Kier alpha value is -3.27. The van der Waals surface area contributed by atoms with Gasteiger partial charge in [-0.15, -0.1) is 0 Å². The molecule has 1 aliphatic rings. The van der Waals surface area contributed by atoms with Gasteiger partial charge in [0.2, 0.25) is 5.91 Å². The number of hydrogen-bond acceptors (Lipinski definition) is 3. The maximum atomic E-state index is 13.9. The summed E-state index contributed by atoms with van der Waals surface area (Å²) in [7, 11) is 4.06. The molecule has 166 valence electrons. The van der Waals surface area contributed by atoms with E-state index in [9.17, 15) is 4.79 Å². The minimum atomic E-state index is -0.203. The Bertz CT molecular complexity index is 1060. The number of para-hydroxylation sites is 1. The predicted molar refractivity (Wildman–Crippen MR) is 132 cm³/mol. The lowest BCUT2D eigenvalue weighted by Gasteiger charge is -2.31. The van der Waals surface area contributed by atoms with Gasteiger partial charge in [-0.25, -0.2) is 0 Å². The molecule has 0 aromatic heterocycles. The summed E-state index contributed by atoms with van der Waals surface area (Å²) >= 11 is 0. The van der Waals surface area contributed by atoms with Crippen molar-refractivity contribution in [1.82, 2.24) is 0 Å². The summed E-state index contributed by atoms with van der Waals surface area (Å²) in [6.07, 6.45) is 0.690. The van der Waals surface area contributed by atoms with Gasteiger partial charge in [-0.2, -0.15) is 0 Å². The number of anilines is 2. The van der Waals surface area contributed by atoms with Gasteiger partial charge in [0.1, 0.15) is 5.75 Å². The first-order valence-corrected chi connectivity index (χ1v) is 11.3. The molecule has 0 spiro atoms. The molecule has 32 heavy (non-hydrogen) atoms. The van der Waals surface area contributed by atoms with Crippen molar-refractivity contribution >= 4 is 17.3 Å². The number of carbonyl (C=O) groups excluding carboxylic acids is 1. The smallest absolute Gasteiger partial charge is 0.235 e. The number of carbonyl (C=O) groups is 1. The van der Waals surface area contributed by atoms with Crippen molar-refractivity contribution < 1.29 is 9.53 Å². The summed E-state index contributed by atoms with van der Waals surface area (Å²) in [4.78, 5) is 17.9. The van der Waals surface area contributed by atoms with Crippen LogP contribution in [0.15, 0.2) is 72.8 Å². The molecule has 4 heteroatoms. The van der Waals surface area contributed by atoms with Gasteiger partial charge in [-0.1, -0.05) is 56.3 Å². The third-order valence-electron chi connectivity index (χ3n) is 6.19. The number of rotatable bonds is 6. The van der Waals surface area contributed by atoms with Crippen LogP contribution in [0.3, 0.4) is 0 Å². The van der Waals surface area contributed by atoms with Crippen LogP contribution in [0.1, 0.15) is 48.8 Å². The van der Waals surface area contributed by atoms with Crippen LogP contribution in [-0.2, 0) is 11.3 Å². The van der Waals surface area contributed by atoms with E-state index in [0.717, 1.165) is 28.3 Å². The second kappa shape index (κ2) is 9.47. The zero-order valence-electron chi connectivity index (χ0n) is 19.4. The highest BCUT2D eigenvalue weighted by Crippen LogP contribution is 2.36. The van der Waals surface area contributed by atoms with Crippen molar-refractivity contribution in [3.8, 4) is 5.75 Å². The molecule has 1 aliphatic heterocycles. The van der Waals surface area contributed by atoms with Crippen molar-refractivity contribution in [3.63, 3.8) is 0 Å². The fourth-order valence-corrected chi connectivity index (χ4v) is 4.20. The Kier molecular flexibility index (Phi) is 6.50. The molecule has 1 atom stereocenters. The van der Waals surface area contributed by atoms with Crippen LogP contribution in [0.2, 0.25) is 0 Å². The lowest BCUT2D eigenvalue weighted by molar-refractivity contribution is -0.120. The average Bonchev–Trinajstić information content (AvgIpc) is 2.82. The summed E-state index contributed by atoms with van der Waals surface area (Å²) in [5, 5.41) is 0. The standard InChI is InChI=1S/C28H32N2O2/c1-20(2)22-11-15-24(16-12-22)30(19-21-9-13-23(14-10-21)29(3)4)28(31)26-17-18-32-27-8-6-5-7-25(26)27/h5-16,20,26H,17-19H2,1-4H3. The third kappa shape index (κ3) is 4.64. The predicted octanol–water partition coefficient (Wildman–Crippen LogP) is 5.98. The number of fused-ring (bicyclic) bond motifs is 1. The summed E-state index contributed by atoms with van der Waals surface area (Å²) in [5.74, 6) is 1.19. The van der Waals surface area contributed by atoms with Crippen molar-refractivity contribution in [2.45, 2.75) is 38.6 Å². The largest absolute Gasteiger partial charge is 0.493 e. The number of benzene rings is 3. The molecule has 0 fully saturated rings. The maximum Gasteiger partial charge on any atom is 0.235 e. The van der Waals surface area contributed by atoms with E-state index in [1.165, 1.54) is 5.56 Å². The quantitative estimate of drug-likeness (QED) is 0.484. The third-order valence-corrected chi connectivity index (χ3v) is 6.19. The number of amides is 1. The molecule has 4 nitrogen and oxygen atoms in total. The molecular weight excluding hydrogens is 396 g/mol. The molecule has 0 N–H and O–H groups in total. The SMILES string of the molecule is CC(C)c1ccc(N(Cc2ccc(N(C)C)cc2)C(=O)C2CCOc3ccccc32)cc1. The highest BCUT2D eigenvalue weighted by Gasteiger charge is 2.31. The second-order valence-electron chi connectivity index (χ2n) is 8.96. The topological polar surface area (TPSA) is 32.8 Å². The fourth-order valence-electron chi connectivity index (χ4n) is 4.20. The van der Waals surface area contributed by atoms with Gasteiger partial charge in [0, 0.05) is 31.0 Å². The van der Waals surface area contributed by atoms with Gasteiger partial charge in [0.15, 0.2) is 0 Å². The molecule has 3 aromatic carbocycles. The number of hydrogen-bond donors (Lipinski definition) is 0. The molecule has 0 radical (unpaired) electrons. The first-order chi connectivity index (χ1) is 15.4. The Labute approximate surface area is 191 Å². The molecule has 1 heterocycles. The molecule has 0 bridgehead atoms. The van der Waals surface area contributed by atoms with Gasteiger partial charge in [-0.05, 0) is 53.8 Å². The maximum absolute atomic E-state index is 13.9. The van der Waals surface area contributed by atoms with Gasteiger partial charge in [0.25, 0.3) is 0 Å². The highest BCUT2D eigenvalue weighted by atomic mass is 16.5. The molecular formula is C28H32N2O2. The van der Waals surface area contributed by atoms with Crippen molar-refractivity contribution in [2.24, 2.45) is 0 Å². The Morgan fingerprint density at radius 1 is 0.938 bits per heavy atom. The van der Waals surface area contributed by atoms with Crippen LogP contribution in [0, 0.1) is 0 Å².